The van der Waals surface area contributed by atoms with Crippen molar-refractivity contribution in [3.05, 3.63) is 31.5 Å². The normalized spacial score (nSPS) is 10.3. The van der Waals surface area contributed by atoms with E-state index >= 15 is 0 Å². The molecule has 2 heterocycles. The average Bonchev–Trinajstić information content (AvgIpc) is 2.75. The summed E-state index contributed by atoms with van der Waals surface area (Å²) in [5, 5.41) is 17.6. The zero-order chi connectivity index (χ0) is 13.1. The molecule has 0 atom stereocenters. The van der Waals surface area contributed by atoms with Gasteiger partial charge in [0.1, 0.15) is 6.20 Å². The molecule has 0 unspecified atom stereocenters. The van der Waals surface area contributed by atoms with Crippen LogP contribution < -0.4 is 5.32 Å². The molecule has 0 amide bonds. The van der Waals surface area contributed by atoms with Crippen LogP contribution in [0, 0.1) is 10.1 Å². The summed E-state index contributed by atoms with van der Waals surface area (Å²) in [5.41, 5.74) is 0.920. The fraction of sp³-hybridized carbons (Fsp3) is 0.200. The van der Waals surface area contributed by atoms with Gasteiger partial charge in [0, 0.05) is 27.3 Å². The Bertz CT molecular complexity index is 587. The number of thiophene rings is 1. The molecule has 0 radical (unpaired) electrons. The molecule has 0 spiro atoms. The molecule has 0 aromatic carbocycles. The third-order valence-electron chi connectivity index (χ3n) is 2.17. The van der Waals surface area contributed by atoms with Crippen molar-refractivity contribution in [1.82, 2.24) is 9.97 Å². The molecule has 0 aliphatic heterocycles. The summed E-state index contributed by atoms with van der Waals surface area (Å²) in [6.07, 6.45) is 1.23. The number of anilines is 1. The molecule has 94 valence electrons. The monoisotopic (exact) mass is 328 g/mol. The SMILES string of the molecule is CCNc1ncc([N+](=O)[O-])c(-c2cscc2Br)n1. The Hall–Kier alpha value is -1.54. The first-order valence-electron chi connectivity index (χ1n) is 5.10. The fourth-order valence-electron chi connectivity index (χ4n) is 1.40. The van der Waals surface area contributed by atoms with E-state index in [0.29, 0.717) is 23.8 Å². The predicted molar refractivity (Wildman–Crippen MR) is 73.9 cm³/mol. The van der Waals surface area contributed by atoms with Gasteiger partial charge in [0.05, 0.1) is 4.92 Å². The third kappa shape index (κ3) is 2.49. The van der Waals surface area contributed by atoms with Crippen molar-refractivity contribution < 1.29 is 4.92 Å². The van der Waals surface area contributed by atoms with Gasteiger partial charge < -0.3 is 5.32 Å². The van der Waals surface area contributed by atoms with Gasteiger partial charge in [0.25, 0.3) is 0 Å². The highest BCUT2D eigenvalue weighted by atomic mass is 79.9. The number of halogens is 1. The number of nitrogens with zero attached hydrogens (tertiary/aromatic N) is 3. The van der Waals surface area contributed by atoms with Crippen molar-refractivity contribution in [2.24, 2.45) is 0 Å². The second kappa shape index (κ2) is 5.40. The van der Waals surface area contributed by atoms with Crippen molar-refractivity contribution in [1.29, 1.82) is 0 Å². The minimum atomic E-state index is -0.477. The number of aromatic nitrogens is 2. The van der Waals surface area contributed by atoms with Crippen LogP contribution in [-0.4, -0.2) is 21.4 Å². The van der Waals surface area contributed by atoms with E-state index in [-0.39, 0.29) is 5.69 Å². The maximum absolute atomic E-state index is 11.0. The molecule has 2 aromatic heterocycles. The molecule has 1 N–H and O–H groups in total. The zero-order valence-corrected chi connectivity index (χ0v) is 11.8. The van der Waals surface area contributed by atoms with Gasteiger partial charge in [-0.05, 0) is 22.9 Å². The van der Waals surface area contributed by atoms with Gasteiger partial charge in [-0.2, -0.15) is 11.3 Å². The average molecular weight is 329 g/mol. The fourth-order valence-corrected chi connectivity index (χ4v) is 2.87. The standard InChI is InChI=1S/C10H9BrN4O2S/c1-2-12-10-13-3-8(15(16)17)9(14-10)6-4-18-5-7(6)11/h3-5H,2H2,1H3,(H,12,13,14). The Morgan fingerprint density at radius 2 is 2.33 bits per heavy atom. The molecule has 8 heteroatoms. The van der Waals surface area contributed by atoms with Crippen molar-refractivity contribution in [2.75, 3.05) is 11.9 Å². The Morgan fingerprint density at radius 3 is 2.89 bits per heavy atom. The van der Waals surface area contributed by atoms with Crippen molar-refractivity contribution >= 4 is 38.9 Å². The molecule has 2 aromatic rings. The van der Waals surface area contributed by atoms with Crippen LogP contribution in [0.3, 0.4) is 0 Å². The molecular weight excluding hydrogens is 320 g/mol. The summed E-state index contributed by atoms with van der Waals surface area (Å²) in [5.74, 6) is 0.385. The summed E-state index contributed by atoms with van der Waals surface area (Å²) in [6.45, 7) is 2.56. The van der Waals surface area contributed by atoms with E-state index in [1.807, 2.05) is 17.7 Å². The molecule has 0 bridgehead atoms. The highest BCUT2D eigenvalue weighted by molar-refractivity contribution is 9.10. The molecule has 0 fully saturated rings. The van der Waals surface area contributed by atoms with Crippen molar-refractivity contribution in [2.45, 2.75) is 6.92 Å². The van der Waals surface area contributed by atoms with Crippen LogP contribution in [0.4, 0.5) is 11.6 Å². The van der Waals surface area contributed by atoms with Gasteiger partial charge in [0.15, 0.2) is 5.69 Å². The third-order valence-corrected chi connectivity index (χ3v) is 3.87. The maximum atomic E-state index is 11.0. The van der Waals surface area contributed by atoms with Crippen LogP contribution in [0.15, 0.2) is 21.4 Å². The van der Waals surface area contributed by atoms with Gasteiger partial charge >= 0.3 is 5.69 Å². The Morgan fingerprint density at radius 1 is 1.56 bits per heavy atom. The summed E-state index contributed by atoms with van der Waals surface area (Å²) in [4.78, 5) is 18.6. The van der Waals surface area contributed by atoms with E-state index in [4.69, 9.17) is 0 Å². The molecule has 0 aliphatic carbocycles. The molecule has 6 nitrogen and oxygen atoms in total. The summed E-state index contributed by atoms with van der Waals surface area (Å²) in [7, 11) is 0. The van der Waals surface area contributed by atoms with Gasteiger partial charge in [-0.3, -0.25) is 10.1 Å². The van der Waals surface area contributed by atoms with Gasteiger partial charge in [-0.15, -0.1) is 0 Å². The molecule has 18 heavy (non-hydrogen) atoms. The first kappa shape index (κ1) is 12.9. The van der Waals surface area contributed by atoms with E-state index in [1.54, 1.807) is 0 Å². The predicted octanol–water partition coefficient (Wildman–Crippen LogP) is 3.31. The lowest BCUT2D eigenvalue weighted by Crippen LogP contribution is -2.04. The van der Waals surface area contributed by atoms with Crippen LogP contribution >= 0.6 is 27.3 Å². The zero-order valence-electron chi connectivity index (χ0n) is 9.38. The molecule has 2 rings (SSSR count). The summed E-state index contributed by atoms with van der Waals surface area (Å²) >= 11 is 4.81. The van der Waals surface area contributed by atoms with Gasteiger partial charge in [-0.1, -0.05) is 0 Å². The second-order valence-corrected chi connectivity index (χ2v) is 4.95. The number of hydrogen-bond acceptors (Lipinski definition) is 6. The van der Waals surface area contributed by atoms with Gasteiger partial charge in [-0.25, -0.2) is 9.97 Å². The van der Waals surface area contributed by atoms with E-state index in [9.17, 15) is 10.1 Å². The quantitative estimate of drug-likeness (QED) is 0.687. The highest BCUT2D eigenvalue weighted by Gasteiger charge is 2.21. The van der Waals surface area contributed by atoms with Crippen LogP contribution in [0.1, 0.15) is 6.92 Å². The Balaban J connectivity index is 2.58. The van der Waals surface area contributed by atoms with Crippen LogP contribution in [0.25, 0.3) is 11.3 Å². The highest BCUT2D eigenvalue weighted by Crippen LogP contribution is 2.35. The van der Waals surface area contributed by atoms with Crippen LogP contribution in [-0.2, 0) is 0 Å². The number of rotatable bonds is 4. The Labute approximate surface area is 115 Å². The lowest BCUT2D eigenvalue weighted by molar-refractivity contribution is -0.384. The molecule has 0 saturated heterocycles. The number of nitro groups is 1. The Kier molecular flexibility index (Phi) is 3.87. The van der Waals surface area contributed by atoms with Crippen LogP contribution in [0.5, 0.6) is 0 Å². The van der Waals surface area contributed by atoms with E-state index in [1.165, 1.54) is 17.5 Å². The largest absolute Gasteiger partial charge is 0.354 e. The maximum Gasteiger partial charge on any atom is 0.313 e. The number of hydrogen-bond donors (Lipinski definition) is 1. The summed E-state index contributed by atoms with van der Waals surface area (Å²) < 4.78 is 0.789. The van der Waals surface area contributed by atoms with Gasteiger partial charge in [0.2, 0.25) is 5.95 Å². The van der Waals surface area contributed by atoms with Crippen molar-refractivity contribution in [3.8, 4) is 11.3 Å². The lowest BCUT2D eigenvalue weighted by Gasteiger charge is -2.04. The lowest BCUT2D eigenvalue weighted by atomic mass is 10.2. The minimum absolute atomic E-state index is 0.101. The summed E-state index contributed by atoms with van der Waals surface area (Å²) in [6, 6.07) is 0. The molecule has 0 saturated carbocycles. The van der Waals surface area contributed by atoms with Crippen molar-refractivity contribution in [3.63, 3.8) is 0 Å². The van der Waals surface area contributed by atoms with E-state index < -0.39 is 4.92 Å². The smallest absolute Gasteiger partial charge is 0.313 e. The number of nitrogens with one attached hydrogen (secondary N) is 1. The molecule has 0 aliphatic rings. The first-order chi connectivity index (χ1) is 8.63. The first-order valence-corrected chi connectivity index (χ1v) is 6.84. The second-order valence-electron chi connectivity index (χ2n) is 3.35. The topological polar surface area (TPSA) is 81.0 Å². The minimum Gasteiger partial charge on any atom is -0.354 e. The van der Waals surface area contributed by atoms with E-state index in [0.717, 1.165) is 4.47 Å². The van der Waals surface area contributed by atoms with E-state index in [2.05, 4.69) is 31.2 Å². The molecular formula is C10H9BrN4O2S. The van der Waals surface area contributed by atoms with Crippen LogP contribution in [0.2, 0.25) is 0 Å².